The number of benzene rings is 1. The molecular formula is C13H16N2O5. The molecule has 0 aliphatic rings. The summed E-state index contributed by atoms with van der Waals surface area (Å²) in [5.74, 6) is -2.86. The van der Waals surface area contributed by atoms with Crippen LogP contribution in [0.1, 0.15) is 29.6 Å². The third-order valence-corrected chi connectivity index (χ3v) is 2.92. The molecule has 0 aliphatic heterocycles. The van der Waals surface area contributed by atoms with Crippen molar-refractivity contribution in [2.45, 2.75) is 19.3 Å². The fourth-order valence-corrected chi connectivity index (χ4v) is 1.81. The van der Waals surface area contributed by atoms with Gasteiger partial charge >= 0.3 is 5.97 Å². The quantitative estimate of drug-likeness (QED) is 0.245. The molecule has 1 aromatic carbocycles. The zero-order chi connectivity index (χ0) is 15.1. The van der Waals surface area contributed by atoms with E-state index in [0.717, 1.165) is 0 Å². The number of rotatable bonds is 8. The number of carboxylic acid groups (broad SMARTS) is 1. The summed E-state index contributed by atoms with van der Waals surface area (Å²) >= 11 is 0. The lowest BCUT2D eigenvalue weighted by molar-refractivity contribution is -0.384. The normalized spacial score (nSPS) is 11.8. The Labute approximate surface area is 115 Å². The second-order valence-corrected chi connectivity index (χ2v) is 4.34. The number of carbonyl (C=O) groups excluding carboxylic acids is 1. The molecule has 3 N–H and O–H groups in total. The van der Waals surface area contributed by atoms with Crippen LogP contribution in [-0.4, -0.2) is 28.3 Å². The summed E-state index contributed by atoms with van der Waals surface area (Å²) in [6, 6.07) is 4.93. The van der Waals surface area contributed by atoms with E-state index >= 15 is 0 Å². The third kappa shape index (κ3) is 4.13. The lowest BCUT2D eigenvalue weighted by Gasteiger charge is -2.10. The average Bonchev–Trinajstić information content (AvgIpc) is 2.42. The van der Waals surface area contributed by atoms with Gasteiger partial charge in [0.2, 0.25) is 0 Å². The monoisotopic (exact) mass is 280 g/mol. The highest BCUT2D eigenvalue weighted by Crippen LogP contribution is 2.18. The number of hydrogen-bond donors (Lipinski definition) is 2. The van der Waals surface area contributed by atoms with Gasteiger partial charge < -0.3 is 10.8 Å². The fraction of sp³-hybridized carbons (Fsp3) is 0.385. The van der Waals surface area contributed by atoms with Crippen LogP contribution in [0.2, 0.25) is 0 Å². The molecule has 1 atom stereocenters. The van der Waals surface area contributed by atoms with Crippen LogP contribution in [0.4, 0.5) is 5.69 Å². The Morgan fingerprint density at radius 2 is 1.85 bits per heavy atom. The first kappa shape index (κ1) is 15.8. The first-order chi connectivity index (χ1) is 9.47. The summed E-state index contributed by atoms with van der Waals surface area (Å²) in [6.45, 7) is 0.443. The van der Waals surface area contributed by atoms with Crippen LogP contribution in [0.25, 0.3) is 0 Å². The molecule has 0 spiro atoms. The van der Waals surface area contributed by atoms with Crippen molar-refractivity contribution >= 4 is 17.4 Å². The fourth-order valence-electron chi connectivity index (χ4n) is 1.81. The molecule has 0 amide bonds. The minimum absolute atomic E-state index is 0.142. The summed E-state index contributed by atoms with van der Waals surface area (Å²) in [7, 11) is 0. The van der Waals surface area contributed by atoms with Crippen molar-refractivity contribution in [2.24, 2.45) is 11.7 Å². The van der Waals surface area contributed by atoms with Crippen molar-refractivity contribution < 1.29 is 19.6 Å². The standard InChI is InChI=1S/C13H16N2O5/c14-8-2-1-3-11(13(17)18)12(16)9-4-6-10(7-5-9)15(19)20/h4-7,11H,1-3,8,14H2,(H,17,18). The maximum absolute atomic E-state index is 12.1. The van der Waals surface area contributed by atoms with Gasteiger partial charge in [0.1, 0.15) is 5.92 Å². The molecule has 0 fully saturated rings. The Balaban J connectivity index is 2.83. The first-order valence-corrected chi connectivity index (χ1v) is 6.19. The largest absolute Gasteiger partial charge is 0.481 e. The minimum Gasteiger partial charge on any atom is -0.481 e. The van der Waals surface area contributed by atoms with E-state index in [9.17, 15) is 19.7 Å². The van der Waals surface area contributed by atoms with Gasteiger partial charge in [-0.1, -0.05) is 6.42 Å². The minimum atomic E-state index is -1.19. The van der Waals surface area contributed by atoms with E-state index in [1.165, 1.54) is 24.3 Å². The molecule has 7 nitrogen and oxygen atoms in total. The van der Waals surface area contributed by atoms with Gasteiger partial charge in [-0.2, -0.15) is 0 Å². The molecule has 0 saturated heterocycles. The Hall–Kier alpha value is -2.28. The molecule has 7 heteroatoms. The predicted octanol–water partition coefficient (Wildman–Crippen LogP) is 1.61. The average molecular weight is 280 g/mol. The summed E-state index contributed by atoms with van der Waals surface area (Å²) in [5.41, 5.74) is 5.35. The number of nitro benzene ring substituents is 1. The number of carbonyl (C=O) groups is 2. The number of hydrogen-bond acceptors (Lipinski definition) is 5. The van der Waals surface area contributed by atoms with Crippen molar-refractivity contribution in [1.82, 2.24) is 0 Å². The molecule has 0 aliphatic carbocycles. The van der Waals surface area contributed by atoms with Gasteiger partial charge in [0.25, 0.3) is 5.69 Å². The highest BCUT2D eigenvalue weighted by molar-refractivity contribution is 6.08. The van der Waals surface area contributed by atoms with Gasteiger partial charge in [0.15, 0.2) is 5.78 Å². The number of nitrogens with two attached hydrogens (primary N) is 1. The van der Waals surface area contributed by atoms with Crippen molar-refractivity contribution in [3.05, 3.63) is 39.9 Å². The van der Waals surface area contributed by atoms with Gasteiger partial charge in [-0.15, -0.1) is 0 Å². The van der Waals surface area contributed by atoms with E-state index in [1.807, 2.05) is 0 Å². The van der Waals surface area contributed by atoms with E-state index < -0.39 is 22.6 Å². The zero-order valence-corrected chi connectivity index (χ0v) is 10.8. The van der Waals surface area contributed by atoms with Crippen LogP contribution in [0.3, 0.4) is 0 Å². The SMILES string of the molecule is NCCCCC(C(=O)O)C(=O)c1ccc([N+](=O)[O-])cc1. The van der Waals surface area contributed by atoms with Crippen molar-refractivity contribution in [3.8, 4) is 0 Å². The van der Waals surface area contributed by atoms with Crippen LogP contribution in [-0.2, 0) is 4.79 Å². The number of aliphatic carboxylic acids is 1. The summed E-state index contributed by atoms with van der Waals surface area (Å²) in [4.78, 5) is 33.1. The van der Waals surface area contributed by atoms with Crippen LogP contribution in [0.15, 0.2) is 24.3 Å². The number of carboxylic acids is 1. The van der Waals surface area contributed by atoms with E-state index in [4.69, 9.17) is 10.8 Å². The van der Waals surface area contributed by atoms with Gasteiger partial charge in [0, 0.05) is 17.7 Å². The van der Waals surface area contributed by atoms with Crippen molar-refractivity contribution in [3.63, 3.8) is 0 Å². The Morgan fingerprint density at radius 3 is 2.30 bits per heavy atom. The van der Waals surface area contributed by atoms with Crippen LogP contribution in [0, 0.1) is 16.0 Å². The van der Waals surface area contributed by atoms with E-state index in [0.29, 0.717) is 19.4 Å². The van der Waals surface area contributed by atoms with Gasteiger partial charge in [-0.25, -0.2) is 0 Å². The molecule has 0 heterocycles. The van der Waals surface area contributed by atoms with Crippen LogP contribution < -0.4 is 5.73 Å². The molecule has 108 valence electrons. The van der Waals surface area contributed by atoms with Crippen molar-refractivity contribution in [1.29, 1.82) is 0 Å². The van der Waals surface area contributed by atoms with E-state index in [1.54, 1.807) is 0 Å². The maximum Gasteiger partial charge on any atom is 0.314 e. The maximum atomic E-state index is 12.1. The summed E-state index contributed by atoms with van der Waals surface area (Å²) in [6.07, 6.45) is 1.41. The van der Waals surface area contributed by atoms with Gasteiger partial charge in [0.05, 0.1) is 4.92 Å². The van der Waals surface area contributed by atoms with Crippen LogP contribution >= 0.6 is 0 Å². The second kappa shape index (κ2) is 7.34. The molecule has 0 saturated carbocycles. The van der Waals surface area contributed by atoms with E-state index in [2.05, 4.69) is 0 Å². The number of Topliss-reactive ketones (excluding diaryl/α,β-unsaturated/α-hetero) is 1. The lowest BCUT2D eigenvalue weighted by Crippen LogP contribution is -2.24. The zero-order valence-electron chi connectivity index (χ0n) is 10.8. The number of ketones is 1. The summed E-state index contributed by atoms with van der Waals surface area (Å²) < 4.78 is 0. The van der Waals surface area contributed by atoms with Crippen LogP contribution in [0.5, 0.6) is 0 Å². The topological polar surface area (TPSA) is 124 Å². The number of unbranched alkanes of at least 4 members (excludes halogenated alkanes) is 1. The number of nitro groups is 1. The van der Waals surface area contributed by atoms with Gasteiger partial charge in [-0.05, 0) is 31.5 Å². The third-order valence-electron chi connectivity index (χ3n) is 2.92. The lowest BCUT2D eigenvalue weighted by atomic mass is 9.92. The molecular weight excluding hydrogens is 264 g/mol. The highest BCUT2D eigenvalue weighted by Gasteiger charge is 2.26. The number of non-ortho nitro benzene ring substituents is 1. The molecule has 0 radical (unpaired) electrons. The predicted molar refractivity (Wildman–Crippen MR) is 71.5 cm³/mol. The number of nitrogens with zero attached hydrogens (tertiary/aromatic N) is 1. The molecule has 20 heavy (non-hydrogen) atoms. The smallest absolute Gasteiger partial charge is 0.314 e. The summed E-state index contributed by atoms with van der Waals surface area (Å²) in [5, 5.41) is 19.6. The Morgan fingerprint density at radius 1 is 1.25 bits per heavy atom. The van der Waals surface area contributed by atoms with E-state index in [-0.39, 0.29) is 17.7 Å². The molecule has 1 rings (SSSR count). The first-order valence-electron chi connectivity index (χ1n) is 6.19. The van der Waals surface area contributed by atoms with Gasteiger partial charge in [-0.3, -0.25) is 19.7 Å². The molecule has 0 aromatic heterocycles. The second-order valence-electron chi connectivity index (χ2n) is 4.34. The van der Waals surface area contributed by atoms with Crippen molar-refractivity contribution in [2.75, 3.05) is 6.54 Å². The highest BCUT2D eigenvalue weighted by atomic mass is 16.6. The molecule has 1 unspecified atom stereocenters. The Bertz CT molecular complexity index is 498. The molecule has 0 bridgehead atoms. The molecule has 1 aromatic rings. The Kier molecular flexibility index (Phi) is 5.79.